The molecule has 1 N–H and O–H groups in total. The van der Waals surface area contributed by atoms with Gasteiger partial charge in [-0.3, -0.25) is 4.79 Å². The van der Waals surface area contributed by atoms with Gasteiger partial charge in [0.2, 0.25) is 0 Å². The van der Waals surface area contributed by atoms with Crippen LogP contribution in [0.2, 0.25) is 0 Å². The molecule has 1 aliphatic rings. The SMILES string of the molecule is CC(C)c1ccoc1C(=O)N1CCCC(CO)(c2ccccc2)C1. The quantitative estimate of drug-likeness (QED) is 0.934. The van der Waals surface area contributed by atoms with Crippen LogP contribution in [-0.4, -0.2) is 35.6 Å². The van der Waals surface area contributed by atoms with E-state index in [9.17, 15) is 9.90 Å². The first-order valence-corrected chi connectivity index (χ1v) is 8.60. The van der Waals surface area contributed by atoms with E-state index in [0.717, 1.165) is 24.0 Å². The van der Waals surface area contributed by atoms with Gasteiger partial charge in [-0.15, -0.1) is 0 Å². The second-order valence-corrected chi connectivity index (χ2v) is 6.99. The average Bonchev–Trinajstić information content (AvgIpc) is 3.12. The Kier molecular flexibility index (Phi) is 4.76. The second-order valence-electron chi connectivity index (χ2n) is 6.99. The minimum atomic E-state index is -0.389. The molecule has 0 saturated carbocycles. The summed E-state index contributed by atoms with van der Waals surface area (Å²) in [6, 6.07) is 11.9. The lowest BCUT2D eigenvalue weighted by Gasteiger charge is -2.42. The van der Waals surface area contributed by atoms with Crippen LogP contribution in [0.25, 0.3) is 0 Å². The first kappa shape index (κ1) is 16.8. The molecule has 0 radical (unpaired) electrons. The fraction of sp³-hybridized carbons (Fsp3) is 0.450. The molecule has 1 aromatic heterocycles. The molecule has 1 atom stereocenters. The van der Waals surface area contributed by atoms with E-state index in [2.05, 4.69) is 13.8 Å². The monoisotopic (exact) mass is 327 g/mol. The Morgan fingerprint density at radius 1 is 1.29 bits per heavy atom. The second kappa shape index (κ2) is 6.81. The highest BCUT2D eigenvalue weighted by Crippen LogP contribution is 2.35. The van der Waals surface area contributed by atoms with E-state index in [1.54, 1.807) is 6.26 Å². The molecule has 24 heavy (non-hydrogen) atoms. The van der Waals surface area contributed by atoms with Gasteiger partial charge in [0.15, 0.2) is 5.76 Å². The number of hydrogen-bond donors (Lipinski definition) is 1. The maximum absolute atomic E-state index is 13.0. The lowest BCUT2D eigenvalue weighted by atomic mass is 9.74. The third-order valence-electron chi connectivity index (χ3n) is 5.06. The molecule has 1 fully saturated rings. The molecule has 3 rings (SSSR count). The number of aliphatic hydroxyl groups is 1. The predicted molar refractivity (Wildman–Crippen MR) is 93.1 cm³/mol. The van der Waals surface area contributed by atoms with Crippen molar-refractivity contribution in [3.63, 3.8) is 0 Å². The highest BCUT2D eigenvalue weighted by molar-refractivity contribution is 5.93. The fourth-order valence-electron chi connectivity index (χ4n) is 3.64. The van der Waals surface area contributed by atoms with Crippen LogP contribution in [0, 0.1) is 0 Å². The standard InChI is InChI=1S/C20H25NO3/c1-15(2)17-9-12-24-18(17)19(23)21-11-6-10-20(13-21,14-22)16-7-4-3-5-8-16/h3-5,7-9,12,15,22H,6,10-11,13-14H2,1-2H3. The van der Waals surface area contributed by atoms with Crippen molar-refractivity contribution in [2.45, 2.75) is 38.0 Å². The van der Waals surface area contributed by atoms with Crippen LogP contribution >= 0.6 is 0 Å². The van der Waals surface area contributed by atoms with Crippen molar-refractivity contribution >= 4 is 5.91 Å². The molecule has 2 heterocycles. The van der Waals surface area contributed by atoms with Gasteiger partial charge in [-0.2, -0.15) is 0 Å². The Morgan fingerprint density at radius 2 is 2.04 bits per heavy atom. The number of carbonyl (C=O) groups excluding carboxylic acids is 1. The highest BCUT2D eigenvalue weighted by atomic mass is 16.3. The summed E-state index contributed by atoms with van der Waals surface area (Å²) < 4.78 is 5.49. The van der Waals surface area contributed by atoms with Crippen LogP contribution in [0.5, 0.6) is 0 Å². The van der Waals surface area contributed by atoms with Gasteiger partial charge < -0.3 is 14.4 Å². The third kappa shape index (κ3) is 2.98. The van der Waals surface area contributed by atoms with Crippen molar-refractivity contribution in [2.75, 3.05) is 19.7 Å². The van der Waals surface area contributed by atoms with Crippen molar-refractivity contribution in [3.05, 3.63) is 59.5 Å². The van der Waals surface area contributed by atoms with Gasteiger partial charge in [-0.25, -0.2) is 0 Å². The summed E-state index contributed by atoms with van der Waals surface area (Å²) in [6.45, 7) is 5.37. The molecule has 1 aliphatic heterocycles. The molecule has 2 aromatic rings. The summed E-state index contributed by atoms with van der Waals surface area (Å²) in [5, 5.41) is 10.1. The highest BCUT2D eigenvalue weighted by Gasteiger charge is 2.39. The number of hydrogen-bond acceptors (Lipinski definition) is 3. The zero-order valence-electron chi connectivity index (χ0n) is 14.4. The molecule has 0 aliphatic carbocycles. The number of nitrogens with zero attached hydrogens (tertiary/aromatic N) is 1. The first-order valence-electron chi connectivity index (χ1n) is 8.60. The van der Waals surface area contributed by atoms with Crippen molar-refractivity contribution in [2.24, 2.45) is 0 Å². The van der Waals surface area contributed by atoms with E-state index in [4.69, 9.17) is 4.42 Å². The summed E-state index contributed by atoms with van der Waals surface area (Å²) in [7, 11) is 0. The largest absolute Gasteiger partial charge is 0.459 e. The van der Waals surface area contributed by atoms with Gasteiger partial charge in [-0.1, -0.05) is 44.2 Å². The number of carbonyl (C=O) groups is 1. The average molecular weight is 327 g/mol. The molecule has 0 bridgehead atoms. The molecule has 4 heteroatoms. The molecule has 1 unspecified atom stereocenters. The number of likely N-dealkylation sites (tertiary alicyclic amines) is 1. The van der Waals surface area contributed by atoms with Gasteiger partial charge in [0.25, 0.3) is 5.91 Å². The topological polar surface area (TPSA) is 53.7 Å². The molecular weight excluding hydrogens is 302 g/mol. The first-order chi connectivity index (χ1) is 11.6. The number of piperidine rings is 1. The van der Waals surface area contributed by atoms with Crippen molar-refractivity contribution in [1.29, 1.82) is 0 Å². The molecule has 4 nitrogen and oxygen atoms in total. The summed E-state index contributed by atoms with van der Waals surface area (Å²) in [6.07, 6.45) is 3.34. The number of amides is 1. The minimum absolute atomic E-state index is 0.0377. The maximum Gasteiger partial charge on any atom is 0.289 e. The summed E-state index contributed by atoms with van der Waals surface area (Å²) >= 11 is 0. The lowest BCUT2D eigenvalue weighted by molar-refractivity contribution is 0.0513. The zero-order valence-corrected chi connectivity index (χ0v) is 14.4. The Balaban J connectivity index is 1.87. The van der Waals surface area contributed by atoms with Gasteiger partial charge >= 0.3 is 0 Å². The Hall–Kier alpha value is -2.07. The van der Waals surface area contributed by atoms with Crippen LogP contribution in [-0.2, 0) is 5.41 Å². The Bertz CT molecular complexity index is 692. The van der Waals surface area contributed by atoms with E-state index in [1.807, 2.05) is 41.3 Å². The van der Waals surface area contributed by atoms with E-state index < -0.39 is 0 Å². The molecule has 1 aromatic carbocycles. The number of benzene rings is 1. The van der Waals surface area contributed by atoms with Gasteiger partial charge in [0.1, 0.15) is 0 Å². The van der Waals surface area contributed by atoms with Crippen molar-refractivity contribution in [3.8, 4) is 0 Å². The zero-order chi connectivity index (χ0) is 17.2. The number of aliphatic hydroxyl groups excluding tert-OH is 1. The van der Waals surface area contributed by atoms with Gasteiger partial charge in [-0.05, 0) is 30.4 Å². The van der Waals surface area contributed by atoms with Crippen LogP contribution < -0.4 is 0 Å². The minimum Gasteiger partial charge on any atom is -0.459 e. The van der Waals surface area contributed by atoms with Crippen molar-refractivity contribution < 1.29 is 14.3 Å². The molecular formula is C20H25NO3. The molecule has 1 saturated heterocycles. The predicted octanol–water partition coefficient (Wildman–Crippen LogP) is 3.57. The van der Waals surface area contributed by atoms with Gasteiger partial charge in [0.05, 0.1) is 12.9 Å². The number of rotatable bonds is 4. The van der Waals surface area contributed by atoms with E-state index in [-0.39, 0.29) is 23.8 Å². The summed E-state index contributed by atoms with van der Waals surface area (Å²) in [5.74, 6) is 0.605. The van der Waals surface area contributed by atoms with E-state index in [0.29, 0.717) is 18.8 Å². The van der Waals surface area contributed by atoms with Crippen LogP contribution in [0.4, 0.5) is 0 Å². The molecule has 0 spiro atoms. The summed E-state index contributed by atoms with van der Waals surface area (Å²) in [4.78, 5) is 14.8. The summed E-state index contributed by atoms with van der Waals surface area (Å²) in [5.41, 5.74) is 1.65. The lowest BCUT2D eigenvalue weighted by Crippen LogP contribution is -2.50. The van der Waals surface area contributed by atoms with Crippen LogP contribution in [0.15, 0.2) is 47.1 Å². The maximum atomic E-state index is 13.0. The van der Waals surface area contributed by atoms with Gasteiger partial charge in [0, 0.05) is 24.1 Å². The van der Waals surface area contributed by atoms with E-state index in [1.165, 1.54) is 0 Å². The number of furan rings is 1. The normalized spacial score (nSPS) is 21.2. The Morgan fingerprint density at radius 3 is 2.71 bits per heavy atom. The molecule has 1 amide bonds. The Labute approximate surface area is 143 Å². The third-order valence-corrected chi connectivity index (χ3v) is 5.06. The van der Waals surface area contributed by atoms with Crippen LogP contribution in [0.1, 0.15) is 54.3 Å². The fourth-order valence-corrected chi connectivity index (χ4v) is 3.64. The van der Waals surface area contributed by atoms with Crippen LogP contribution in [0.3, 0.4) is 0 Å². The van der Waals surface area contributed by atoms with E-state index >= 15 is 0 Å². The smallest absolute Gasteiger partial charge is 0.289 e. The molecule has 128 valence electrons. The van der Waals surface area contributed by atoms with Crippen molar-refractivity contribution in [1.82, 2.24) is 4.90 Å².